The molecule has 0 unspecified atom stereocenters. The lowest BCUT2D eigenvalue weighted by atomic mass is 10.1. The molecule has 0 radical (unpaired) electrons. The van der Waals surface area contributed by atoms with Crippen molar-refractivity contribution in [1.82, 2.24) is 9.88 Å². The Kier molecular flexibility index (Phi) is 5.52. The minimum absolute atomic E-state index is 0.0618. The Labute approximate surface area is 154 Å². The molecule has 0 bridgehead atoms. The van der Waals surface area contributed by atoms with Gasteiger partial charge in [-0.3, -0.25) is 4.79 Å². The number of hydrogen-bond donors (Lipinski definition) is 0. The van der Waals surface area contributed by atoms with Gasteiger partial charge in [-0.1, -0.05) is 42.5 Å². The molecule has 0 spiro atoms. The van der Waals surface area contributed by atoms with Crippen molar-refractivity contribution in [3.8, 4) is 11.5 Å². The number of nitrogens with zero attached hydrogens (tertiary/aromatic N) is 2. The Morgan fingerprint density at radius 1 is 1.04 bits per heavy atom. The summed E-state index contributed by atoms with van der Waals surface area (Å²) in [5, 5.41) is 0. The number of carbonyl (C=O) groups is 1. The van der Waals surface area contributed by atoms with Crippen LogP contribution in [0.4, 0.5) is 0 Å². The average Bonchev–Trinajstić information content (AvgIpc) is 3.02. The van der Waals surface area contributed by atoms with Gasteiger partial charge in [-0.25, -0.2) is 4.98 Å². The zero-order chi connectivity index (χ0) is 18.5. The highest BCUT2D eigenvalue weighted by atomic mass is 16.4. The van der Waals surface area contributed by atoms with Gasteiger partial charge in [0.15, 0.2) is 0 Å². The molecule has 2 aromatic carbocycles. The third-order valence-electron chi connectivity index (χ3n) is 4.59. The van der Waals surface area contributed by atoms with Crippen molar-refractivity contribution in [2.45, 2.75) is 33.7 Å². The van der Waals surface area contributed by atoms with E-state index >= 15 is 0 Å². The Bertz CT molecular complexity index is 884. The Balaban J connectivity index is 1.74. The number of amides is 1. The molecule has 0 aliphatic rings. The number of carbonyl (C=O) groups excluding carboxylic acids is 1. The second-order valence-corrected chi connectivity index (χ2v) is 6.40. The van der Waals surface area contributed by atoms with Gasteiger partial charge in [0.05, 0.1) is 12.1 Å². The number of aromatic nitrogens is 1. The summed E-state index contributed by atoms with van der Waals surface area (Å²) < 4.78 is 5.77. The van der Waals surface area contributed by atoms with E-state index in [0.717, 1.165) is 5.56 Å². The molecular formula is C22H24N2O2. The van der Waals surface area contributed by atoms with Crippen molar-refractivity contribution in [1.29, 1.82) is 0 Å². The molecule has 134 valence electrons. The van der Waals surface area contributed by atoms with E-state index in [-0.39, 0.29) is 12.3 Å². The second kappa shape index (κ2) is 8.00. The molecule has 3 rings (SSSR count). The van der Waals surface area contributed by atoms with Crippen molar-refractivity contribution >= 4 is 5.91 Å². The summed E-state index contributed by atoms with van der Waals surface area (Å²) in [5.74, 6) is 1.32. The third-order valence-corrected chi connectivity index (χ3v) is 4.59. The summed E-state index contributed by atoms with van der Waals surface area (Å²) in [5.41, 5.74) is 3.99. The van der Waals surface area contributed by atoms with E-state index in [1.807, 2.05) is 61.2 Å². The van der Waals surface area contributed by atoms with Crippen LogP contribution in [0, 0.1) is 13.8 Å². The normalized spacial score (nSPS) is 10.7. The number of likely N-dealkylation sites (N-methyl/N-ethyl adjacent to an activating group) is 1. The average molecular weight is 348 g/mol. The van der Waals surface area contributed by atoms with E-state index in [4.69, 9.17) is 4.42 Å². The lowest BCUT2D eigenvalue weighted by Crippen LogP contribution is -2.32. The van der Waals surface area contributed by atoms with E-state index in [1.54, 1.807) is 0 Å². The van der Waals surface area contributed by atoms with Gasteiger partial charge in [0.1, 0.15) is 5.76 Å². The standard InChI is InChI=1S/C22H24N2O2/c1-4-24(15-19-13-9-8-10-16(19)2)21(25)14-20-17(3)26-22(23-20)18-11-6-5-7-12-18/h5-13H,4,14-15H2,1-3H3. The molecule has 0 fully saturated rings. The molecule has 1 aromatic heterocycles. The van der Waals surface area contributed by atoms with Gasteiger partial charge in [0.25, 0.3) is 0 Å². The van der Waals surface area contributed by atoms with Gasteiger partial charge in [-0.05, 0) is 44.0 Å². The van der Waals surface area contributed by atoms with Gasteiger partial charge >= 0.3 is 0 Å². The summed E-state index contributed by atoms with van der Waals surface area (Å²) in [7, 11) is 0. The lowest BCUT2D eigenvalue weighted by molar-refractivity contribution is -0.130. The highest BCUT2D eigenvalue weighted by Gasteiger charge is 2.19. The third kappa shape index (κ3) is 4.02. The molecule has 0 saturated carbocycles. The molecule has 4 nitrogen and oxygen atoms in total. The molecule has 0 aliphatic heterocycles. The van der Waals surface area contributed by atoms with Crippen molar-refractivity contribution in [3.05, 3.63) is 77.2 Å². The molecule has 0 N–H and O–H groups in total. The van der Waals surface area contributed by atoms with Crippen LogP contribution in [-0.4, -0.2) is 22.3 Å². The van der Waals surface area contributed by atoms with Gasteiger partial charge in [0, 0.05) is 18.7 Å². The Morgan fingerprint density at radius 2 is 1.73 bits per heavy atom. The smallest absolute Gasteiger partial charge is 0.229 e. The first kappa shape index (κ1) is 17.9. The number of aryl methyl sites for hydroxylation is 2. The van der Waals surface area contributed by atoms with Gasteiger partial charge in [-0.2, -0.15) is 0 Å². The summed E-state index contributed by atoms with van der Waals surface area (Å²) >= 11 is 0. The first-order valence-electron chi connectivity index (χ1n) is 8.92. The highest BCUT2D eigenvalue weighted by Crippen LogP contribution is 2.22. The molecular weight excluding hydrogens is 324 g/mol. The summed E-state index contributed by atoms with van der Waals surface area (Å²) in [6, 6.07) is 17.9. The number of benzene rings is 2. The minimum Gasteiger partial charge on any atom is -0.441 e. The quantitative estimate of drug-likeness (QED) is 0.656. The Hall–Kier alpha value is -2.88. The number of rotatable bonds is 6. The van der Waals surface area contributed by atoms with Gasteiger partial charge in [0.2, 0.25) is 11.8 Å². The van der Waals surface area contributed by atoms with Crippen LogP contribution < -0.4 is 0 Å². The predicted octanol–water partition coefficient (Wildman–Crippen LogP) is 4.55. The fraction of sp³-hybridized carbons (Fsp3) is 0.273. The van der Waals surface area contributed by atoms with Crippen LogP contribution >= 0.6 is 0 Å². The van der Waals surface area contributed by atoms with E-state index in [1.165, 1.54) is 11.1 Å². The van der Waals surface area contributed by atoms with Gasteiger partial charge < -0.3 is 9.32 Å². The summed E-state index contributed by atoms with van der Waals surface area (Å²) in [6.07, 6.45) is 0.252. The number of hydrogen-bond acceptors (Lipinski definition) is 3. The van der Waals surface area contributed by atoms with Crippen LogP contribution in [0.2, 0.25) is 0 Å². The van der Waals surface area contributed by atoms with Gasteiger partial charge in [-0.15, -0.1) is 0 Å². The van der Waals surface area contributed by atoms with E-state index in [9.17, 15) is 4.79 Å². The second-order valence-electron chi connectivity index (χ2n) is 6.40. The fourth-order valence-corrected chi connectivity index (χ4v) is 2.92. The molecule has 4 heteroatoms. The maximum atomic E-state index is 12.8. The van der Waals surface area contributed by atoms with Crippen molar-refractivity contribution in [2.24, 2.45) is 0 Å². The lowest BCUT2D eigenvalue weighted by Gasteiger charge is -2.21. The first-order chi connectivity index (χ1) is 12.6. The van der Waals surface area contributed by atoms with Crippen LogP contribution in [0.3, 0.4) is 0 Å². The fourth-order valence-electron chi connectivity index (χ4n) is 2.92. The molecule has 0 aliphatic carbocycles. The minimum atomic E-state index is 0.0618. The van der Waals surface area contributed by atoms with Crippen molar-refractivity contribution < 1.29 is 9.21 Å². The van der Waals surface area contributed by atoms with Crippen LogP contribution in [0.15, 0.2) is 59.0 Å². The maximum absolute atomic E-state index is 12.8. The summed E-state index contributed by atoms with van der Waals surface area (Å²) in [6.45, 7) is 7.21. The predicted molar refractivity (Wildman–Crippen MR) is 103 cm³/mol. The molecule has 0 atom stereocenters. The zero-order valence-electron chi connectivity index (χ0n) is 15.5. The molecule has 1 amide bonds. The van der Waals surface area contributed by atoms with Crippen molar-refractivity contribution in [2.75, 3.05) is 6.54 Å². The van der Waals surface area contributed by atoms with E-state index in [2.05, 4.69) is 24.0 Å². The van der Waals surface area contributed by atoms with E-state index in [0.29, 0.717) is 30.4 Å². The van der Waals surface area contributed by atoms with Crippen LogP contribution in [-0.2, 0) is 17.8 Å². The SMILES string of the molecule is CCN(Cc1ccccc1C)C(=O)Cc1nc(-c2ccccc2)oc1C. The molecule has 3 aromatic rings. The maximum Gasteiger partial charge on any atom is 0.229 e. The molecule has 26 heavy (non-hydrogen) atoms. The molecule has 1 heterocycles. The Morgan fingerprint density at radius 3 is 2.42 bits per heavy atom. The zero-order valence-corrected chi connectivity index (χ0v) is 15.5. The topological polar surface area (TPSA) is 46.3 Å². The van der Waals surface area contributed by atoms with Crippen LogP contribution in [0.1, 0.15) is 29.5 Å². The summed E-state index contributed by atoms with van der Waals surface area (Å²) in [4.78, 5) is 19.2. The van der Waals surface area contributed by atoms with Crippen molar-refractivity contribution in [3.63, 3.8) is 0 Å². The monoisotopic (exact) mass is 348 g/mol. The van der Waals surface area contributed by atoms with E-state index < -0.39 is 0 Å². The first-order valence-corrected chi connectivity index (χ1v) is 8.92. The van der Waals surface area contributed by atoms with Crippen LogP contribution in [0.25, 0.3) is 11.5 Å². The van der Waals surface area contributed by atoms with Crippen LogP contribution in [0.5, 0.6) is 0 Å². The largest absolute Gasteiger partial charge is 0.441 e. The highest BCUT2D eigenvalue weighted by molar-refractivity contribution is 5.78. The molecule has 0 saturated heterocycles. The number of oxazole rings is 1.